The molecule has 1 fully saturated rings. The summed E-state index contributed by atoms with van der Waals surface area (Å²) in [5.74, 6) is -0.967. The molecule has 6 nitrogen and oxygen atoms in total. The molecule has 1 heterocycles. The Kier molecular flexibility index (Phi) is 5.73. The molecule has 0 aliphatic carbocycles. The van der Waals surface area contributed by atoms with Crippen LogP contribution in [0.15, 0.2) is 40.8 Å². The van der Waals surface area contributed by atoms with E-state index < -0.39 is 18.4 Å². The van der Waals surface area contributed by atoms with Gasteiger partial charge in [-0.25, -0.2) is 0 Å². The van der Waals surface area contributed by atoms with Gasteiger partial charge in [-0.15, -0.1) is 0 Å². The Morgan fingerprint density at radius 2 is 2.12 bits per heavy atom. The number of allylic oxidation sites excluding steroid dienone is 2. The van der Waals surface area contributed by atoms with Crippen molar-refractivity contribution in [1.82, 2.24) is 4.90 Å². The van der Waals surface area contributed by atoms with Gasteiger partial charge >= 0.3 is 5.97 Å². The number of nitriles is 1. The third-order valence-electron chi connectivity index (χ3n) is 3.02. The minimum Gasteiger partial charge on any atom is -0.497 e. The summed E-state index contributed by atoms with van der Waals surface area (Å²) in [6.45, 7) is -0.494. The quantitative estimate of drug-likeness (QED) is 0.490. The van der Waals surface area contributed by atoms with Crippen LogP contribution in [0.1, 0.15) is 5.56 Å². The molecule has 1 aliphatic heterocycles. The van der Waals surface area contributed by atoms with Crippen molar-refractivity contribution in [2.75, 3.05) is 13.7 Å². The first-order valence-corrected chi connectivity index (χ1v) is 7.90. The molecule has 8 heteroatoms. The third kappa shape index (κ3) is 4.22. The molecule has 1 aromatic carbocycles. The number of benzene rings is 1. The number of carbonyl (C=O) groups excluding carboxylic acids is 1. The van der Waals surface area contributed by atoms with Crippen LogP contribution < -0.4 is 4.74 Å². The number of hydrogen-bond donors (Lipinski definition) is 1. The molecule has 0 atom stereocenters. The number of thiocarbonyl (C=S) groups is 1. The Morgan fingerprint density at radius 3 is 2.67 bits per heavy atom. The van der Waals surface area contributed by atoms with Gasteiger partial charge in [0.05, 0.1) is 23.7 Å². The fourth-order valence-corrected chi connectivity index (χ4v) is 3.14. The van der Waals surface area contributed by atoms with Gasteiger partial charge in [0, 0.05) is 0 Å². The van der Waals surface area contributed by atoms with E-state index in [-0.39, 0.29) is 14.8 Å². The summed E-state index contributed by atoms with van der Waals surface area (Å²) in [6, 6.07) is 9.08. The van der Waals surface area contributed by atoms with Crippen molar-refractivity contribution in [2.45, 2.75) is 0 Å². The number of carboxylic acids is 1. The maximum atomic E-state index is 12.2. The number of carbonyl (C=O) groups is 2. The van der Waals surface area contributed by atoms with E-state index >= 15 is 0 Å². The topological polar surface area (TPSA) is 90.6 Å². The van der Waals surface area contributed by atoms with E-state index in [1.165, 1.54) is 6.08 Å². The van der Waals surface area contributed by atoms with Crippen molar-refractivity contribution < 1.29 is 19.4 Å². The Labute approximate surface area is 148 Å². The molecule has 1 aliphatic rings. The summed E-state index contributed by atoms with van der Waals surface area (Å²) in [7, 11) is 1.56. The highest BCUT2D eigenvalue weighted by molar-refractivity contribution is 8.26. The second-order valence-electron chi connectivity index (χ2n) is 4.65. The SMILES string of the molecule is COc1ccc(/C=C(C#N)/C=C2\SC(=S)N(CC(=O)O)C2=O)cc1. The molecule has 1 amide bonds. The maximum Gasteiger partial charge on any atom is 0.323 e. The molecular formula is C16H12N2O4S2. The van der Waals surface area contributed by atoms with E-state index in [0.717, 1.165) is 22.2 Å². The van der Waals surface area contributed by atoms with Gasteiger partial charge in [0.25, 0.3) is 5.91 Å². The highest BCUT2D eigenvalue weighted by Gasteiger charge is 2.33. The summed E-state index contributed by atoms with van der Waals surface area (Å²) in [6.07, 6.45) is 3.02. The highest BCUT2D eigenvalue weighted by atomic mass is 32.2. The number of nitrogens with zero attached hydrogens (tertiary/aromatic N) is 2. The molecular weight excluding hydrogens is 348 g/mol. The average Bonchev–Trinajstić information content (AvgIpc) is 2.82. The summed E-state index contributed by atoms with van der Waals surface area (Å²) in [5.41, 5.74) is 1.03. The van der Waals surface area contributed by atoms with Crippen LogP contribution in [-0.4, -0.2) is 39.9 Å². The van der Waals surface area contributed by atoms with E-state index in [2.05, 4.69) is 0 Å². The molecule has 0 bridgehead atoms. The van der Waals surface area contributed by atoms with Crippen molar-refractivity contribution in [3.8, 4) is 11.8 Å². The normalized spacial score (nSPS) is 16.4. The molecule has 24 heavy (non-hydrogen) atoms. The van der Waals surface area contributed by atoms with Gasteiger partial charge in [-0.2, -0.15) is 5.26 Å². The molecule has 122 valence electrons. The lowest BCUT2D eigenvalue weighted by molar-refractivity contribution is -0.140. The number of aliphatic carboxylic acids is 1. The largest absolute Gasteiger partial charge is 0.497 e. The summed E-state index contributed by atoms with van der Waals surface area (Å²) < 4.78 is 5.23. The van der Waals surface area contributed by atoms with Crippen LogP contribution in [0, 0.1) is 11.3 Å². The van der Waals surface area contributed by atoms with Crippen LogP contribution in [0.2, 0.25) is 0 Å². The van der Waals surface area contributed by atoms with Crippen molar-refractivity contribution >= 4 is 46.3 Å². The smallest absolute Gasteiger partial charge is 0.323 e. The lowest BCUT2D eigenvalue weighted by Crippen LogP contribution is -2.33. The summed E-state index contributed by atoms with van der Waals surface area (Å²) in [5, 5.41) is 18.1. The number of ether oxygens (including phenoxy) is 1. The Hall–Kier alpha value is -2.63. The number of amides is 1. The molecule has 1 N–H and O–H groups in total. The zero-order valence-electron chi connectivity index (χ0n) is 12.6. The van der Waals surface area contributed by atoms with Crippen molar-refractivity contribution in [1.29, 1.82) is 5.26 Å². The van der Waals surface area contributed by atoms with Gasteiger partial charge in [-0.3, -0.25) is 14.5 Å². The minimum absolute atomic E-state index is 0.162. The first-order chi connectivity index (χ1) is 11.4. The lowest BCUT2D eigenvalue weighted by Gasteiger charge is -2.10. The average molecular weight is 360 g/mol. The van der Waals surface area contributed by atoms with Crippen LogP contribution in [-0.2, 0) is 9.59 Å². The predicted molar refractivity (Wildman–Crippen MR) is 94.2 cm³/mol. The minimum atomic E-state index is -1.15. The van der Waals surface area contributed by atoms with Crippen molar-refractivity contribution in [3.05, 3.63) is 46.4 Å². The van der Waals surface area contributed by atoms with Crippen LogP contribution >= 0.6 is 24.0 Å². The number of rotatable bonds is 5. The van der Waals surface area contributed by atoms with Crippen molar-refractivity contribution in [3.63, 3.8) is 0 Å². The highest BCUT2D eigenvalue weighted by Crippen LogP contribution is 2.31. The molecule has 0 unspecified atom stereocenters. The number of methoxy groups -OCH3 is 1. The van der Waals surface area contributed by atoms with Gasteiger partial charge < -0.3 is 9.84 Å². The number of hydrogen-bond acceptors (Lipinski definition) is 6. The summed E-state index contributed by atoms with van der Waals surface area (Å²) in [4.78, 5) is 24.2. The fourth-order valence-electron chi connectivity index (χ4n) is 1.90. The molecule has 0 aromatic heterocycles. The van der Waals surface area contributed by atoms with Gasteiger partial charge in [0.1, 0.15) is 16.6 Å². The van der Waals surface area contributed by atoms with Gasteiger partial charge in [-0.05, 0) is 29.8 Å². The van der Waals surface area contributed by atoms with Gasteiger partial charge in [0.15, 0.2) is 0 Å². The zero-order valence-corrected chi connectivity index (χ0v) is 14.2. The predicted octanol–water partition coefficient (Wildman–Crippen LogP) is 2.43. The van der Waals surface area contributed by atoms with Gasteiger partial charge in [0.2, 0.25) is 0 Å². The van der Waals surface area contributed by atoms with E-state index in [9.17, 15) is 14.9 Å². The Bertz CT molecular complexity index is 791. The zero-order chi connectivity index (χ0) is 17.7. The van der Waals surface area contributed by atoms with E-state index in [1.807, 2.05) is 6.07 Å². The lowest BCUT2D eigenvalue weighted by atomic mass is 10.1. The summed E-state index contributed by atoms with van der Waals surface area (Å²) >= 11 is 5.98. The van der Waals surface area contributed by atoms with E-state index in [4.69, 9.17) is 22.1 Å². The molecule has 0 spiro atoms. The molecule has 1 saturated heterocycles. The number of carboxylic acid groups (broad SMARTS) is 1. The first kappa shape index (κ1) is 17.7. The van der Waals surface area contributed by atoms with Gasteiger partial charge in [-0.1, -0.05) is 36.1 Å². The molecule has 2 rings (SSSR count). The molecule has 0 saturated carbocycles. The number of thioether (sulfide) groups is 1. The van der Waals surface area contributed by atoms with E-state index in [0.29, 0.717) is 5.75 Å². The first-order valence-electron chi connectivity index (χ1n) is 6.67. The second-order valence-corrected chi connectivity index (χ2v) is 6.32. The van der Waals surface area contributed by atoms with Crippen LogP contribution in [0.5, 0.6) is 5.75 Å². The monoisotopic (exact) mass is 360 g/mol. The van der Waals surface area contributed by atoms with Crippen LogP contribution in [0.3, 0.4) is 0 Å². The Balaban J connectivity index is 2.25. The van der Waals surface area contributed by atoms with Crippen LogP contribution in [0.4, 0.5) is 0 Å². The molecule has 1 aromatic rings. The van der Waals surface area contributed by atoms with Crippen molar-refractivity contribution in [2.24, 2.45) is 0 Å². The standard InChI is InChI=1S/C16H12N2O4S2/c1-22-12-4-2-10(3-5-12)6-11(8-17)7-13-15(21)18(9-14(19)20)16(23)24-13/h2-7H,9H2,1H3,(H,19,20)/b11-6-,13-7-. The Morgan fingerprint density at radius 1 is 1.46 bits per heavy atom. The third-order valence-corrected chi connectivity index (χ3v) is 4.40. The second kappa shape index (κ2) is 7.77. The van der Waals surface area contributed by atoms with Crippen LogP contribution in [0.25, 0.3) is 6.08 Å². The maximum absolute atomic E-state index is 12.2. The van der Waals surface area contributed by atoms with E-state index in [1.54, 1.807) is 37.5 Å². The fraction of sp³-hybridized carbons (Fsp3) is 0.125. The molecule has 0 radical (unpaired) electrons.